The van der Waals surface area contributed by atoms with Gasteiger partial charge in [0.15, 0.2) is 0 Å². The predicted octanol–water partition coefficient (Wildman–Crippen LogP) is 1.38. The van der Waals surface area contributed by atoms with E-state index in [2.05, 4.69) is 10.1 Å². The molecular formula is C12H22N2O3. The molecule has 17 heavy (non-hydrogen) atoms. The molecule has 1 atom stereocenters. The molecule has 2 amide bonds. The Morgan fingerprint density at radius 3 is 2.47 bits per heavy atom. The molecule has 5 nitrogen and oxygen atoms in total. The third kappa shape index (κ3) is 4.24. The maximum atomic E-state index is 12.2. The molecule has 0 saturated carbocycles. The van der Waals surface area contributed by atoms with Gasteiger partial charge in [0.2, 0.25) is 5.91 Å². The van der Waals surface area contributed by atoms with Crippen molar-refractivity contribution in [1.82, 2.24) is 10.2 Å². The van der Waals surface area contributed by atoms with Crippen LogP contribution in [0.3, 0.4) is 0 Å². The lowest BCUT2D eigenvalue weighted by Crippen LogP contribution is -2.43. The van der Waals surface area contributed by atoms with Crippen LogP contribution in [-0.2, 0) is 9.53 Å². The molecule has 0 aromatic carbocycles. The first-order valence-corrected chi connectivity index (χ1v) is 6.29. The molecule has 1 saturated heterocycles. The Hall–Kier alpha value is -1.26. The predicted molar refractivity (Wildman–Crippen MR) is 64.6 cm³/mol. The van der Waals surface area contributed by atoms with Crippen molar-refractivity contribution < 1.29 is 14.3 Å². The fourth-order valence-corrected chi connectivity index (χ4v) is 2.06. The van der Waals surface area contributed by atoms with Crippen molar-refractivity contribution in [2.45, 2.75) is 32.6 Å². The highest BCUT2D eigenvalue weighted by molar-refractivity contribution is 5.79. The fourth-order valence-electron chi connectivity index (χ4n) is 2.06. The van der Waals surface area contributed by atoms with Crippen LogP contribution in [0.5, 0.6) is 0 Å². The zero-order valence-corrected chi connectivity index (χ0v) is 10.7. The van der Waals surface area contributed by atoms with Crippen molar-refractivity contribution >= 4 is 12.0 Å². The van der Waals surface area contributed by atoms with E-state index in [1.807, 2.05) is 11.8 Å². The van der Waals surface area contributed by atoms with Gasteiger partial charge < -0.3 is 15.0 Å². The Balaban J connectivity index is 2.42. The molecule has 0 aliphatic carbocycles. The van der Waals surface area contributed by atoms with E-state index in [1.165, 1.54) is 13.5 Å². The Bertz CT molecular complexity index is 262. The smallest absolute Gasteiger partial charge is 0.406 e. The highest BCUT2D eigenvalue weighted by atomic mass is 16.5. The van der Waals surface area contributed by atoms with Gasteiger partial charge in [-0.2, -0.15) is 0 Å². The molecule has 0 aromatic rings. The number of nitrogens with one attached hydrogen (secondary N) is 1. The van der Waals surface area contributed by atoms with Gasteiger partial charge in [-0.1, -0.05) is 6.92 Å². The summed E-state index contributed by atoms with van der Waals surface area (Å²) in [6.07, 6.45) is 3.65. The van der Waals surface area contributed by atoms with E-state index in [4.69, 9.17) is 0 Å². The van der Waals surface area contributed by atoms with Crippen LogP contribution in [0.15, 0.2) is 0 Å². The van der Waals surface area contributed by atoms with Crippen molar-refractivity contribution in [3.63, 3.8) is 0 Å². The van der Waals surface area contributed by atoms with Crippen LogP contribution < -0.4 is 5.32 Å². The summed E-state index contributed by atoms with van der Waals surface area (Å²) in [5.41, 5.74) is 0. The normalized spacial score (nSPS) is 17.4. The van der Waals surface area contributed by atoms with E-state index in [-0.39, 0.29) is 11.8 Å². The molecule has 1 aliphatic rings. The Labute approximate surface area is 102 Å². The lowest BCUT2D eigenvalue weighted by Gasteiger charge is -2.30. The van der Waals surface area contributed by atoms with E-state index in [1.54, 1.807) is 0 Å². The number of ether oxygens (including phenoxy) is 1. The van der Waals surface area contributed by atoms with Crippen LogP contribution in [0.1, 0.15) is 32.6 Å². The van der Waals surface area contributed by atoms with Gasteiger partial charge >= 0.3 is 6.09 Å². The lowest BCUT2D eigenvalue weighted by atomic mass is 10.0. The number of nitrogens with zero attached hydrogens (tertiary/aromatic N) is 1. The highest BCUT2D eigenvalue weighted by Crippen LogP contribution is 2.14. The Morgan fingerprint density at radius 1 is 1.29 bits per heavy atom. The van der Waals surface area contributed by atoms with Crippen LogP contribution >= 0.6 is 0 Å². The zero-order chi connectivity index (χ0) is 12.7. The van der Waals surface area contributed by atoms with Crippen molar-refractivity contribution in [3.05, 3.63) is 0 Å². The quantitative estimate of drug-likeness (QED) is 0.810. The average Bonchev–Trinajstić information content (AvgIpc) is 2.39. The van der Waals surface area contributed by atoms with Gasteiger partial charge in [0, 0.05) is 19.6 Å². The number of piperidine rings is 1. The van der Waals surface area contributed by atoms with Gasteiger partial charge in [-0.05, 0) is 25.7 Å². The fraction of sp³-hybridized carbons (Fsp3) is 0.833. The summed E-state index contributed by atoms with van der Waals surface area (Å²) in [5, 5.41) is 2.59. The number of rotatable bonds is 4. The number of alkyl carbamates (subject to hydrolysis) is 1. The Morgan fingerprint density at radius 2 is 1.94 bits per heavy atom. The highest BCUT2D eigenvalue weighted by Gasteiger charge is 2.24. The SMILES string of the molecule is CC[C@H](CNC(=O)OC)C(=O)N1CCCCC1. The molecule has 0 aromatic heterocycles. The third-order valence-corrected chi connectivity index (χ3v) is 3.19. The monoisotopic (exact) mass is 242 g/mol. The van der Waals surface area contributed by atoms with Crippen molar-refractivity contribution in [2.75, 3.05) is 26.7 Å². The molecule has 1 rings (SSSR count). The first-order chi connectivity index (χ1) is 8.19. The number of amides is 2. The van der Waals surface area contributed by atoms with Crippen LogP contribution in [0, 0.1) is 5.92 Å². The standard InChI is InChI=1S/C12H22N2O3/c1-3-10(9-13-12(16)17-2)11(15)14-7-5-4-6-8-14/h10H,3-9H2,1-2H3,(H,13,16)/t10-/m1/s1. The molecule has 0 radical (unpaired) electrons. The summed E-state index contributed by atoms with van der Waals surface area (Å²) in [6, 6.07) is 0. The van der Waals surface area contributed by atoms with E-state index in [0.29, 0.717) is 6.54 Å². The summed E-state index contributed by atoms with van der Waals surface area (Å²) >= 11 is 0. The minimum Gasteiger partial charge on any atom is -0.453 e. The maximum absolute atomic E-state index is 12.2. The van der Waals surface area contributed by atoms with Gasteiger partial charge in [0.25, 0.3) is 0 Å². The summed E-state index contributed by atoms with van der Waals surface area (Å²) in [4.78, 5) is 25.1. The molecular weight excluding hydrogens is 220 g/mol. The summed E-state index contributed by atoms with van der Waals surface area (Å²) in [6.45, 7) is 4.03. The first kappa shape index (κ1) is 13.8. The topological polar surface area (TPSA) is 58.6 Å². The van der Waals surface area contributed by atoms with Gasteiger partial charge in [-0.25, -0.2) is 4.79 Å². The summed E-state index contributed by atoms with van der Waals surface area (Å²) in [7, 11) is 1.32. The van der Waals surface area contributed by atoms with Crippen LogP contribution in [0.4, 0.5) is 4.79 Å². The average molecular weight is 242 g/mol. The molecule has 1 heterocycles. The number of carbonyl (C=O) groups excluding carboxylic acids is 2. The first-order valence-electron chi connectivity index (χ1n) is 6.29. The minimum atomic E-state index is -0.477. The molecule has 0 spiro atoms. The maximum Gasteiger partial charge on any atom is 0.406 e. The number of carbonyl (C=O) groups is 2. The molecule has 98 valence electrons. The van der Waals surface area contributed by atoms with E-state index >= 15 is 0 Å². The molecule has 1 aliphatic heterocycles. The number of hydrogen-bond acceptors (Lipinski definition) is 3. The zero-order valence-electron chi connectivity index (χ0n) is 10.7. The number of methoxy groups -OCH3 is 1. The summed E-state index contributed by atoms with van der Waals surface area (Å²) < 4.78 is 4.50. The van der Waals surface area contributed by atoms with Crippen molar-refractivity contribution in [1.29, 1.82) is 0 Å². The van der Waals surface area contributed by atoms with E-state index in [0.717, 1.165) is 32.4 Å². The van der Waals surface area contributed by atoms with Gasteiger partial charge in [0.05, 0.1) is 13.0 Å². The number of likely N-dealkylation sites (tertiary alicyclic amines) is 1. The van der Waals surface area contributed by atoms with Gasteiger partial charge in [-0.15, -0.1) is 0 Å². The largest absolute Gasteiger partial charge is 0.453 e. The second-order valence-corrected chi connectivity index (χ2v) is 4.36. The molecule has 0 unspecified atom stereocenters. The second kappa shape index (κ2) is 7.14. The second-order valence-electron chi connectivity index (χ2n) is 4.36. The van der Waals surface area contributed by atoms with Crippen LogP contribution in [0.2, 0.25) is 0 Å². The summed E-state index contributed by atoms with van der Waals surface area (Å²) in [5.74, 6) is 0.0239. The molecule has 0 bridgehead atoms. The lowest BCUT2D eigenvalue weighted by molar-refractivity contribution is -0.136. The van der Waals surface area contributed by atoms with Crippen LogP contribution in [-0.4, -0.2) is 43.6 Å². The van der Waals surface area contributed by atoms with Gasteiger partial charge in [-0.3, -0.25) is 4.79 Å². The third-order valence-electron chi connectivity index (χ3n) is 3.19. The number of hydrogen-bond donors (Lipinski definition) is 1. The van der Waals surface area contributed by atoms with Crippen LogP contribution in [0.25, 0.3) is 0 Å². The van der Waals surface area contributed by atoms with Crippen molar-refractivity contribution in [2.24, 2.45) is 5.92 Å². The van der Waals surface area contributed by atoms with Gasteiger partial charge in [0.1, 0.15) is 0 Å². The minimum absolute atomic E-state index is 0.132. The van der Waals surface area contributed by atoms with E-state index < -0.39 is 6.09 Å². The molecule has 1 fully saturated rings. The van der Waals surface area contributed by atoms with Crippen molar-refractivity contribution in [3.8, 4) is 0 Å². The molecule has 1 N–H and O–H groups in total. The van der Waals surface area contributed by atoms with E-state index in [9.17, 15) is 9.59 Å². The molecule has 5 heteroatoms. The Kier molecular flexibility index (Phi) is 5.80.